The summed E-state index contributed by atoms with van der Waals surface area (Å²) in [5.41, 5.74) is 0. The highest BCUT2D eigenvalue weighted by atomic mass is 32.1. The first-order valence-electron chi connectivity index (χ1n) is 3.08. The number of hydrogen-bond acceptors (Lipinski definition) is 5. The third-order valence-corrected chi connectivity index (χ3v) is 2.13. The van der Waals surface area contributed by atoms with Crippen molar-refractivity contribution >= 4 is 11.3 Å². The molecule has 0 spiro atoms. The van der Waals surface area contributed by atoms with Crippen LogP contribution < -0.4 is 0 Å². The Balaban J connectivity index is 2.84. The van der Waals surface area contributed by atoms with Crippen molar-refractivity contribution in [3.8, 4) is 6.07 Å². The number of aliphatic hydroxyl groups excluding tert-OH is 1. The Morgan fingerprint density at radius 2 is 2.45 bits per heavy atom. The van der Waals surface area contributed by atoms with Gasteiger partial charge in [-0.25, -0.2) is 0 Å². The van der Waals surface area contributed by atoms with Crippen molar-refractivity contribution in [2.75, 3.05) is 6.61 Å². The number of aliphatic hydroxyl groups is 1. The van der Waals surface area contributed by atoms with Crippen LogP contribution in [0.3, 0.4) is 0 Å². The lowest BCUT2D eigenvalue weighted by atomic mass is 10.2. The van der Waals surface area contributed by atoms with E-state index in [0.717, 1.165) is 5.01 Å². The molecule has 11 heavy (non-hydrogen) atoms. The number of nitrogens with zero attached hydrogens (tertiary/aromatic N) is 3. The fraction of sp³-hybridized carbons (Fsp3) is 0.500. The Morgan fingerprint density at radius 1 is 1.73 bits per heavy atom. The van der Waals surface area contributed by atoms with Crippen LogP contribution in [0.4, 0.5) is 0 Å². The maximum Gasteiger partial charge on any atom is 0.137 e. The van der Waals surface area contributed by atoms with Gasteiger partial charge in [-0.3, -0.25) is 0 Å². The van der Waals surface area contributed by atoms with Gasteiger partial charge in [-0.05, 0) is 6.92 Å². The summed E-state index contributed by atoms with van der Waals surface area (Å²) in [6.45, 7) is 1.62. The molecule has 0 aliphatic carbocycles. The Bertz CT molecular complexity index is 278. The van der Waals surface area contributed by atoms with E-state index in [2.05, 4.69) is 10.2 Å². The first-order valence-corrected chi connectivity index (χ1v) is 3.90. The lowest BCUT2D eigenvalue weighted by Gasteiger charge is -1.95. The molecule has 0 radical (unpaired) electrons. The Labute approximate surface area is 68.1 Å². The van der Waals surface area contributed by atoms with Gasteiger partial charge in [-0.1, -0.05) is 0 Å². The van der Waals surface area contributed by atoms with Gasteiger partial charge in [0.25, 0.3) is 0 Å². The van der Waals surface area contributed by atoms with Gasteiger partial charge in [0.15, 0.2) is 0 Å². The second kappa shape index (κ2) is 3.42. The average molecular weight is 169 g/mol. The molecule has 0 amide bonds. The zero-order valence-electron chi connectivity index (χ0n) is 5.98. The van der Waals surface area contributed by atoms with Crippen molar-refractivity contribution in [2.24, 2.45) is 0 Å². The minimum atomic E-state index is -0.513. The van der Waals surface area contributed by atoms with Crippen molar-refractivity contribution in [1.82, 2.24) is 10.2 Å². The Morgan fingerprint density at radius 3 is 2.82 bits per heavy atom. The minimum Gasteiger partial charge on any atom is -0.395 e. The number of aryl methyl sites for hydroxylation is 1. The van der Waals surface area contributed by atoms with Crippen LogP contribution >= 0.6 is 11.3 Å². The highest BCUT2D eigenvalue weighted by molar-refractivity contribution is 7.11. The Hall–Kier alpha value is -0.990. The predicted octanol–water partition coefficient (Wildman–Crippen LogP) is 0.446. The molecule has 0 aromatic carbocycles. The van der Waals surface area contributed by atoms with Gasteiger partial charge < -0.3 is 5.11 Å². The summed E-state index contributed by atoms with van der Waals surface area (Å²) in [6.07, 6.45) is 0. The van der Waals surface area contributed by atoms with Crippen LogP contribution in [0.15, 0.2) is 0 Å². The number of nitriles is 1. The van der Waals surface area contributed by atoms with E-state index < -0.39 is 5.92 Å². The zero-order chi connectivity index (χ0) is 8.27. The zero-order valence-corrected chi connectivity index (χ0v) is 6.80. The highest BCUT2D eigenvalue weighted by Crippen LogP contribution is 2.17. The van der Waals surface area contributed by atoms with Crippen LogP contribution in [0, 0.1) is 18.3 Å². The van der Waals surface area contributed by atoms with Crippen LogP contribution in [0.25, 0.3) is 0 Å². The second-order valence-electron chi connectivity index (χ2n) is 2.02. The smallest absolute Gasteiger partial charge is 0.137 e. The average Bonchev–Trinajstić information content (AvgIpc) is 2.39. The van der Waals surface area contributed by atoms with E-state index in [0.29, 0.717) is 5.01 Å². The molecule has 1 aromatic heterocycles. The van der Waals surface area contributed by atoms with Crippen molar-refractivity contribution < 1.29 is 5.11 Å². The molecule has 1 unspecified atom stereocenters. The molecule has 58 valence electrons. The van der Waals surface area contributed by atoms with Gasteiger partial charge in [0.2, 0.25) is 0 Å². The summed E-state index contributed by atoms with van der Waals surface area (Å²) in [7, 11) is 0. The molecule has 0 fully saturated rings. The summed E-state index contributed by atoms with van der Waals surface area (Å²) < 4.78 is 0. The summed E-state index contributed by atoms with van der Waals surface area (Å²) in [4.78, 5) is 0. The van der Waals surface area contributed by atoms with E-state index in [-0.39, 0.29) is 6.61 Å². The predicted molar refractivity (Wildman–Crippen MR) is 40.1 cm³/mol. The minimum absolute atomic E-state index is 0.189. The lowest BCUT2D eigenvalue weighted by Crippen LogP contribution is -1.99. The highest BCUT2D eigenvalue weighted by Gasteiger charge is 2.13. The van der Waals surface area contributed by atoms with E-state index in [9.17, 15) is 0 Å². The molecule has 5 heteroatoms. The van der Waals surface area contributed by atoms with E-state index in [1.54, 1.807) is 0 Å². The standard InChI is InChI=1S/C6H7N3OS/c1-4-8-9-6(11-4)5(2-7)3-10/h5,10H,3H2,1H3. The molecule has 1 N–H and O–H groups in total. The van der Waals surface area contributed by atoms with Gasteiger partial charge in [0, 0.05) is 0 Å². The maximum absolute atomic E-state index is 8.71. The number of aromatic nitrogens is 2. The van der Waals surface area contributed by atoms with Gasteiger partial charge in [-0.2, -0.15) is 5.26 Å². The molecule has 1 heterocycles. The van der Waals surface area contributed by atoms with Gasteiger partial charge in [0.05, 0.1) is 12.7 Å². The summed E-state index contributed by atoms with van der Waals surface area (Å²) in [6, 6.07) is 1.94. The molecule has 1 rings (SSSR count). The van der Waals surface area contributed by atoms with Gasteiger partial charge in [-0.15, -0.1) is 21.5 Å². The second-order valence-corrected chi connectivity index (χ2v) is 3.24. The van der Waals surface area contributed by atoms with E-state index in [1.807, 2.05) is 13.0 Å². The van der Waals surface area contributed by atoms with Crippen molar-refractivity contribution in [3.05, 3.63) is 10.0 Å². The quantitative estimate of drug-likeness (QED) is 0.697. The lowest BCUT2D eigenvalue weighted by molar-refractivity contribution is 0.285. The molecule has 0 aliphatic rings. The van der Waals surface area contributed by atoms with Crippen LogP contribution in [0.2, 0.25) is 0 Å². The SMILES string of the molecule is Cc1nnc(C(C#N)CO)s1. The molecular weight excluding hydrogens is 162 g/mol. The van der Waals surface area contributed by atoms with Crippen LogP contribution in [0.5, 0.6) is 0 Å². The monoisotopic (exact) mass is 169 g/mol. The summed E-state index contributed by atoms with van der Waals surface area (Å²) in [5, 5.41) is 26.1. The molecule has 0 saturated carbocycles. The van der Waals surface area contributed by atoms with E-state index in [1.165, 1.54) is 11.3 Å². The molecule has 0 bridgehead atoms. The topological polar surface area (TPSA) is 69.8 Å². The number of hydrogen-bond donors (Lipinski definition) is 1. The largest absolute Gasteiger partial charge is 0.395 e. The van der Waals surface area contributed by atoms with Crippen LogP contribution in [-0.4, -0.2) is 21.9 Å². The summed E-state index contributed by atoms with van der Waals surface area (Å²) >= 11 is 1.34. The molecule has 4 nitrogen and oxygen atoms in total. The first kappa shape index (κ1) is 8.11. The van der Waals surface area contributed by atoms with E-state index in [4.69, 9.17) is 10.4 Å². The maximum atomic E-state index is 8.71. The summed E-state index contributed by atoms with van der Waals surface area (Å²) in [5.74, 6) is -0.513. The first-order chi connectivity index (χ1) is 5.27. The normalized spacial score (nSPS) is 12.5. The molecule has 0 saturated heterocycles. The molecule has 1 atom stereocenters. The van der Waals surface area contributed by atoms with Crippen molar-refractivity contribution in [3.63, 3.8) is 0 Å². The van der Waals surface area contributed by atoms with Crippen LogP contribution in [0.1, 0.15) is 15.9 Å². The number of rotatable bonds is 2. The third-order valence-electron chi connectivity index (χ3n) is 1.18. The molecular formula is C6H7N3OS. The van der Waals surface area contributed by atoms with Crippen LogP contribution in [-0.2, 0) is 0 Å². The molecule has 1 aromatic rings. The fourth-order valence-corrected chi connectivity index (χ4v) is 1.36. The third kappa shape index (κ3) is 1.73. The fourth-order valence-electron chi connectivity index (χ4n) is 0.627. The molecule has 0 aliphatic heterocycles. The van der Waals surface area contributed by atoms with Gasteiger partial charge in [0.1, 0.15) is 15.9 Å². The van der Waals surface area contributed by atoms with Gasteiger partial charge >= 0.3 is 0 Å². The van der Waals surface area contributed by atoms with Crippen molar-refractivity contribution in [1.29, 1.82) is 5.26 Å². The van der Waals surface area contributed by atoms with E-state index >= 15 is 0 Å². The Kier molecular flexibility index (Phi) is 2.52. The van der Waals surface area contributed by atoms with Crippen molar-refractivity contribution in [2.45, 2.75) is 12.8 Å².